The topological polar surface area (TPSA) is 42.0 Å². The molecule has 1 atom stereocenters. The van der Waals surface area contributed by atoms with Gasteiger partial charge >= 0.3 is 0 Å². The van der Waals surface area contributed by atoms with Gasteiger partial charge in [0.2, 0.25) is 0 Å². The van der Waals surface area contributed by atoms with E-state index in [1.54, 1.807) is 6.20 Å². The van der Waals surface area contributed by atoms with Crippen molar-refractivity contribution in [1.82, 2.24) is 10.3 Å². The number of aromatic nitrogens is 1. The van der Waals surface area contributed by atoms with E-state index in [-0.39, 0.29) is 11.9 Å². The molecule has 1 aromatic heterocycles. The smallest absolute Gasteiger partial charge is 0.251 e. The molecule has 0 spiro atoms. The zero-order valence-corrected chi connectivity index (χ0v) is 14.6. The van der Waals surface area contributed by atoms with Gasteiger partial charge in [-0.05, 0) is 59.0 Å². The van der Waals surface area contributed by atoms with Crippen LogP contribution in [0, 0.1) is 0 Å². The number of carbonyl (C=O) groups excluding carboxylic acids is 1. The summed E-state index contributed by atoms with van der Waals surface area (Å²) in [6.45, 7) is 4.00. The fourth-order valence-electron chi connectivity index (χ4n) is 2.61. The average molecular weight is 361 g/mol. The van der Waals surface area contributed by atoms with Crippen molar-refractivity contribution in [2.45, 2.75) is 39.2 Å². The number of amides is 1. The summed E-state index contributed by atoms with van der Waals surface area (Å²) in [5.41, 5.74) is 2.92. The Morgan fingerprint density at radius 3 is 2.73 bits per heavy atom. The van der Waals surface area contributed by atoms with Crippen molar-refractivity contribution in [3.05, 3.63) is 63.9 Å². The number of nitrogens with one attached hydrogen (secondary N) is 1. The quantitative estimate of drug-likeness (QED) is 0.844. The van der Waals surface area contributed by atoms with Crippen LogP contribution in [0.5, 0.6) is 0 Å². The molecule has 0 aliphatic heterocycles. The third-order valence-electron chi connectivity index (χ3n) is 3.58. The molecule has 0 saturated heterocycles. The minimum absolute atomic E-state index is 0.0135. The molecule has 1 heterocycles. The number of fused-ring (bicyclic) bond motifs is 1. The summed E-state index contributed by atoms with van der Waals surface area (Å²) in [7, 11) is 0. The van der Waals surface area contributed by atoms with Crippen LogP contribution in [-0.4, -0.2) is 10.9 Å². The molecule has 1 N–H and O–H groups in total. The lowest BCUT2D eigenvalue weighted by atomic mass is 9.91. The third-order valence-corrected chi connectivity index (χ3v) is 4.01. The predicted octanol–water partition coefficient (Wildman–Crippen LogP) is 4.68. The number of halogens is 1. The number of carbonyl (C=O) groups is 1. The molecule has 1 unspecified atom stereocenters. The highest BCUT2D eigenvalue weighted by Crippen LogP contribution is 2.29. The van der Waals surface area contributed by atoms with Gasteiger partial charge in [0, 0.05) is 16.2 Å². The Morgan fingerprint density at radius 2 is 2.00 bits per heavy atom. The van der Waals surface area contributed by atoms with Gasteiger partial charge < -0.3 is 5.32 Å². The number of aryl methyl sites for hydroxylation is 1. The maximum atomic E-state index is 12.2. The van der Waals surface area contributed by atoms with Gasteiger partial charge in [-0.3, -0.25) is 9.78 Å². The maximum absolute atomic E-state index is 12.2. The molecule has 1 aliphatic rings. The van der Waals surface area contributed by atoms with Gasteiger partial charge in [0.15, 0.2) is 0 Å². The first kappa shape index (κ1) is 16.7. The Labute approximate surface area is 140 Å². The lowest BCUT2D eigenvalue weighted by Gasteiger charge is -2.25. The van der Waals surface area contributed by atoms with E-state index in [4.69, 9.17) is 0 Å². The molecule has 0 bridgehead atoms. The average Bonchev–Trinajstić information content (AvgIpc) is 2.57. The minimum Gasteiger partial charge on any atom is -0.344 e. The molecule has 0 saturated carbocycles. The first-order chi connectivity index (χ1) is 10.7. The van der Waals surface area contributed by atoms with Gasteiger partial charge in [0.05, 0.1) is 11.7 Å². The Balaban J connectivity index is 0.000000847. The molecule has 0 radical (unpaired) electrons. The van der Waals surface area contributed by atoms with E-state index in [9.17, 15) is 4.79 Å². The number of nitrogens with zero attached hydrogens (tertiary/aromatic N) is 1. The highest BCUT2D eigenvalue weighted by atomic mass is 79.9. The Morgan fingerprint density at radius 1 is 1.27 bits per heavy atom. The summed E-state index contributed by atoms with van der Waals surface area (Å²) in [6, 6.07) is 11.4. The van der Waals surface area contributed by atoms with E-state index in [0.717, 1.165) is 29.4 Å². The predicted molar refractivity (Wildman–Crippen MR) is 92.9 cm³/mol. The summed E-state index contributed by atoms with van der Waals surface area (Å²) >= 11 is 3.45. The third kappa shape index (κ3) is 3.95. The van der Waals surface area contributed by atoms with Crippen LogP contribution < -0.4 is 5.32 Å². The minimum atomic E-state index is -0.0341. The SMILES string of the molecule is CC.O=C(NC1CCCc2cc(Br)cnc21)c1ccccc1. The summed E-state index contributed by atoms with van der Waals surface area (Å²) < 4.78 is 0.992. The number of hydrogen-bond acceptors (Lipinski definition) is 2. The molecule has 1 aliphatic carbocycles. The molecule has 4 heteroatoms. The Kier molecular flexibility index (Phi) is 6.13. The molecular formula is C18H21BrN2O. The van der Waals surface area contributed by atoms with Crippen molar-refractivity contribution >= 4 is 21.8 Å². The molecule has 0 fully saturated rings. The van der Waals surface area contributed by atoms with Gasteiger partial charge in [0.1, 0.15) is 0 Å². The lowest BCUT2D eigenvalue weighted by molar-refractivity contribution is 0.0931. The Hall–Kier alpha value is -1.68. The van der Waals surface area contributed by atoms with Crippen LogP contribution >= 0.6 is 15.9 Å². The second-order valence-electron chi connectivity index (χ2n) is 4.98. The maximum Gasteiger partial charge on any atom is 0.251 e. The van der Waals surface area contributed by atoms with Gasteiger partial charge in [-0.15, -0.1) is 0 Å². The summed E-state index contributed by atoms with van der Waals surface area (Å²) in [5, 5.41) is 3.09. The van der Waals surface area contributed by atoms with Crippen LogP contribution in [0.1, 0.15) is 54.3 Å². The van der Waals surface area contributed by atoms with Crippen LogP contribution in [0.25, 0.3) is 0 Å². The second kappa shape index (κ2) is 8.08. The van der Waals surface area contributed by atoms with Crippen LogP contribution in [0.2, 0.25) is 0 Å². The van der Waals surface area contributed by atoms with E-state index >= 15 is 0 Å². The van der Waals surface area contributed by atoms with Crippen LogP contribution in [0.15, 0.2) is 47.1 Å². The second-order valence-corrected chi connectivity index (χ2v) is 5.90. The highest BCUT2D eigenvalue weighted by molar-refractivity contribution is 9.10. The lowest BCUT2D eigenvalue weighted by Crippen LogP contribution is -2.31. The van der Waals surface area contributed by atoms with E-state index in [0.29, 0.717) is 5.56 Å². The summed E-state index contributed by atoms with van der Waals surface area (Å²) in [5.74, 6) is -0.0341. The van der Waals surface area contributed by atoms with Crippen molar-refractivity contribution in [1.29, 1.82) is 0 Å². The number of pyridine rings is 1. The van der Waals surface area contributed by atoms with Crippen molar-refractivity contribution in [2.24, 2.45) is 0 Å². The summed E-state index contributed by atoms with van der Waals surface area (Å²) in [6.07, 6.45) is 4.84. The number of rotatable bonds is 2. The fourth-order valence-corrected chi connectivity index (χ4v) is 2.99. The van der Waals surface area contributed by atoms with Crippen LogP contribution in [-0.2, 0) is 6.42 Å². The largest absolute Gasteiger partial charge is 0.344 e. The molecule has 1 amide bonds. The normalized spacial score (nSPS) is 16.0. The zero-order chi connectivity index (χ0) is 15.9. The van der Waals surface area contributed by atoms with E-state index in [1.807, 2.05) is 44.2 Å². The molecular weight excluding hydrogens is 340 g/mol. The number of hydrogen-bond donors (Lipinski definition) is 1. The van der Waals surface area contributed by atoms with Crippen molar-refractivity contribution in [3.63, 3.8) is 0 Å². The molecule has 22 heavy (non-hydrogen) atoms. The zero-order valence-electron chi connectivity index (χ0n) is 13.0. The van der Waals surface area contributed by atoms with Crippen molar-refractivity contribution in [2.75, 3.05) is 0 Å². The molecule has 2 aromatic rings. The standard InChI is InChI=1S/C16H15BrN2O.C2H6/c17-13-9-12-7-4-8-14(15(12)18-10-13)19-16(20)11-5-2-1-3-6-11;1-2/h1-3,5-6,9-10,14H,4,7-8H2,(H,19,20);1-2H3. The highest BCUT2D eigenvalue weighted by Gasteiger charge is 2.23. The van der Waals surface area contributed by atoms with Gasteiger partial charge in [0.25, 0.3) is 5.91 Å². The molecule has 1 aromatic carbocycles. The van der Waals surface area contributed by atoms with Gasteiger partial charge in [-0.1, -0.05) is 32.0 Å². The first-order valence-corrected chi connectivity index (χ1v) is 8.53. The van der Waals surface area contributed by atoms with Gasteiger partial charge in [-0.2, -0.15) is 0 Å². The Bertz CT molecular complexity index is 628. The van der Waals surface area contributed by atoms with E-state index in [2.05, 4.69) is 32.3 Å². The summed E-state index contributed by atoms with van der Waals surface area (Å²) in [4.78, 5) is 16.7. The molecule has 116 valence electrons. The van der Waals surface area contributed by atoms with Crippen molar-refractivity contribution in [3.8, 4) is 0 Å². The van der Waals surface area contributed by atoms with Crippen LogP contribution in [0.3, 0.4) is 0 Å². The van der Waals surface area contributed by atoms with Crippen molar-refractivity contribution < 1.29 is 4.79 Å². The first-order valence-electron chi connectivity index (χ1n) is 7.74. The number of benzene rings is 1. The van der Waals surface area contributed by atoms with Crippen LogP contribution in [0.4, 0.5) is 0 Å². The fraction of sp³-hybridized carbons (Fsp3) is 0.333. The van der Waals surface area contributed by atoms with E-state index in [1.165, 1.54) is 5.56 Å². The molecule has 3 rings (SSSR count). The van der Waals surface area contributed by atoms with Gasteiger partial charge in [-0.25, -0.2) is 0 Å². The van der Waals surface area contributed by atoms with E-state index < -0.39 is 0 Å². The molecule has 3 nitrogen and oxygen atoms in total. The monoisotopic (exact) mass is 360 g/mol.